The maximum Gasteiger partial charge on any atom is 0.190 e. The molecule has 9 heavy (non-hydrogen) atoms. The topological polar surface area (TPSA) is 26.0 Å². The minimum atomic E-state index is -2.03. The molecule has 0 radical (unpaired) electrons. The largest absolute Gasteiger partial charge is 0.297 e. The van der Waals surface area contributed by atoms with E-state index in [9.17, 15) is 8.78 Å². The van der Waals surface area contributed by atoms with Crippen molar-refractivity contribution >= 4 is 0 Å². The zero-order chi connectivity index (χ0) is 6.91. The molecule has 0 aromatic heterocycles. The number of rotatable bonds is 0. The van der Waals surface area contributed by atoms with E-state index in [0.29, 0.717) is 6.42 Å². The van der Waals surface area contributed by atoms with Gasteiger partial charge in [-0.15, -0.1) is 0 Å². The molecule has 3 heteroatoms. The highest BCUT2D eigenvalue weighted by atomic mass is 19.2. The second-order valence-electron chi connectivity index (χ2n) is 2.64. The van der Waals surface area contributed by atoms with E-state index in [1.807, 2.05) is 0 Å². The average molecular weight is 135 g/mol. The maximum atomic E-state index is 12.7. The summed E-state index contributed by atoms with van der Waals surface area (Å²) in [6.07, 6.45) is 0.504. The smallest absolute Gasteiger partial charge is 0.190 e. The summed E-state index contributed by atoms with van der Waals surface area (Å²) < 4.78 is 25.1. The molecule has 1 fully saturated rings. The summed E-state index contributed by atoms with van der Waals surface area (Å²) in [5.74, 6) is -2.03. The molecule has 0 heterocycles. The predicted molar refractivity (Wildman–Crippen MR) is 31.4 cm³/mol. The highest BCUT2D eigenvalue weighted by Gasteiger charge is 2.37. The number of hydrogen-bond donors (Lipinski definition) is 1. The van der Waals surface area contributed by atoms with Gasteiger partial charge in [0, 0.05) is 0 Å². The summed E-state index contributed by atoms with van der Waals surface area (Å²) in [7, 11) is 0. The van der Waals surface area contributed by atoms with Crippen molar-refractivity contribution in [2.45, 2.75) is 37.6 Å². The molecule has 2 atom stereocenters. The third-order valence-electron chi connectivity index (χ3n) is 1.79. The second-order valence-corrected chi connectivity index (χ2v) is 2.64. The molecule has 1 aliphatic carbocycles. The van der Waals surface area contributed by atoms with Crippen molar-refractivity contribution in [3.05, 3.63) is 0 Å². The Morgan fingerprint density at radius 3 is 2.44 bits per heavy atom. The van der Waals surface area contributed by atoms with Gasteiger partial charge in [0.1, 0.15) is 6.17 Å². The van der Waals surface area contributed by atoms with Crippen LogP contribution in [0.15, 0.2) is 0 Å². The molecule has 1 rings (SSSR count). The molecule has 0 bridgehead atoms. The molecular weight excluding hydrogens is 124 g/mol. The normalized spacial score (nSPS) is 45.0. The molecule has 0 aliphatic heterocycles. The lowest BCUT2D eigenvalue weighted by atomic mass is 9.92. The number of alkyl halides is 2. The molecule has 2 unspecified atom stereocenters. The van der Waals surface area contributed by atoms with Gasteiger partial charge in [-0.25, -0.2) is 8.78 Å². The van der Waals surface area contributed by atoms with E-state index in [1.165, 1.54) is 0 Å². The molecule has 1 aliphatic rings. The van der Waals surface area contributed by atoms with Gasteiger partial charge in [0.05, 0.1) is 0 Å². The van der Waals surface area contributed by atoms with Gasteiger partial charge < -0.3 is 0 Å². The number of nitrogens with two attached hydrogens (primary N) is 1. The highest BCUT2D eigenvalue weighted by Crippen LogP contribution is 2.29. The second kappa shape index (κ2) is 2.21. The molecule has 1 nitrogen and oxygen atoms in total. The van der Waals surface area contributed by atoms with Crippen molar-refractivity contribution < 1.29 is 8.78 Å². The first kappa shape index (κ1) is 6.93. The van der Waals surface area contributed by atoms with Crippen molar-refractivity contribution in [1.29, 1.82) is 0 Å². The minimum absolute atomic E-state index is 0.175. The van der Waals surface area contributed by atoms with Gasteiger partial charge in [-0.2, -0.15) is 0 Å². The first-order chi connectivity index (χ1) is 4.13. The standard InChI is InChI=1S/C6H11F2N/c7-5-3-1-2-4-6(5,8)9/h5H,1-4,9H2. The Bertz CT molecular complexity index is 103. The maximum absolute atomic E-state index is 12.7. The van der Waals surface area contributed by atoms with Crippen molar-refractivity contribution in [2.24, 2.45) is 5.73 Å². The van der Waals surface area contributed by atoms with Crippen molar-refractivity contribution in [2.75, 3.05) is 0 Å². The number of halogens is 2. The Morgan fingerprint density at radius 2 is 2.11 bits per heavy atom. The van der Waals surface area contributed by atoms with E-state index in [4.69, 9.17) is 5.73 Å². The fraction of sp³-hybridized carbons (Fsp3) is 1.00. The third-order valence-corrected chi connectivity index (χ3v) is 1.79. The summed E-state index contributed by atoms with van der Waals surface area (Å²) in [6, 6.07) is 0. The van der Waals surface area contributed by atoms with E-state index in [-0.39, 0.29) is 12.8 Å². The van der Waals surface area contributed by atoms with Crippen molar-refractivity contribution in [3.63, 3.8) is 0 Å². The highest BCUT2D eigenvalue weighted by molar-refractivity contribution is 4.84. The fourth-order valence-corrected chi connectivity index (χ4v) is 1.12. The predicted octanol–water partition coefficient (Wildman–Crippen LogP) is 1.52. The van der Waals surface area contributed by atoms with Gasteiger partial charge >= 0.3 is 0 Å². The molecule has 1 saturated carbocycles. The van der Waals surface area contributed by atoms with Crippen LogP contribution in [0.2, 0.25) is 0 Å². The average Bonchev–Trinajstić information content (AvgIpc) is 1.77. The summed E-state index contributed by atoms with van der Waals surface area (Å²) in [4.78, 5) is 0. The molecule has 0 spiro atoms. The molecule has 0 saturated heterocycles. The van der Waals surface area contributed by atoms with E-state index in [2.05, 4.69) is 0 Å². The van der Waals surface area contributed by atoms with Crippen molar-refractivity contribution in [3.8, 4) is 0 Å². The summed E-state index contributed by atoms with van der Waals surface area (Å²) in [5.41, 5.74) is 4.98. The van der Waals surface area contributed by atoms with Crippen LogP contribution in [0.5, 0.6) is 0 Å². The SMILES string of the molecule is NC1(F)CCCCC1F. The van der Waals surface area contributed by atoms with E-state index in [0.717, 1.165) is 6.42 Å². The minimum Gasteiger partial charge on any atom is -0.297 e. The quantitative estimate of drug-likeness (QED) is 0.501. The number of hydrogen-bond acceptors (Lipinski definition) is 1. The lowest BCUT2D eigenvalue weighted by Crippen LogP contribution is -2.46. The molecule has 0 aromatic carbocycles. The molecule has 54 valence electrons. The van der Waals surface area contributed by atoms with Gasteiger partial charge in [0.2, 0.25) is 0 Å². The van der Waals surface area contributed by atoms with Crippen LogP contribution in [0.4, 0.5) is 8.78 Å². The van der Waals surface area contributed by atoms with Gasteiger partial charge in [-0.05, 0) is 19.3 Å². The van der Waals surface area contributed by atoms with Gasteiger partial charge in [0.15, 0.2) is 5.79 Å². The van der Waals surface area contributed by atoms with Gasteiger partial charge in [-0.1, -0.05) is 6.42 Å². The summed E-state index contributed by atoms with van der Waals surface area (Å²) in [6.45, 7) is 0. The van der Waals surface area contributed by atoms with Crippen LogP contribution >= 0.6 is 0 Å². The molecule has 0 aromatic rings. The Morgan fingerprint density at radius 1 is 1.44 bits per heavy atom. The van der Waals surface area contributed by atoms with Crippen LogP contribution in [-0.4, -0.2) is 12.0 Å². The third kappa shape index (κ3) is 1.39. The summed E-state index contributed by atoms with van der Waals surface area (Å²) in [5, 5.41) is 0. The van der Waals surface area contributed by atoms with Crippen LogP contribution in [0, 0.1) is 0 Å². The van der Waals surface area contributed by atoms with E-state index >= 15 is 0 Å². The zero-order valence-electron chi connectivity index (χ0n) is 5.24. The Kier molecular flexibility index (Phi) is 1.70. The molecule has 2 N–H and O–H groups in total. The monoisotopic (exact) mass is 135 g/mol. The van der Waals surface area contributed by atoms with Crippen molar-refractivity contribution in [1.82, 2.24) is 0 Å². The molecule has 0 amide bonds. The van der Waals surface area contributed by atoms with E-state index in [1.54, 1.807) is 0 Å². The first-order valence-corrected chi connectivity index (χ1v) is 3.25. The van der Waals surface area contributed by atoms with Crippen LogP contribution in [-0.2, 0) is 0 Å². The van der Waals surface area contributed by atoms with E-state index < -0.39 is 12.0 Å². The summed E-state index contributed by atoms with van der Waals surface area (Å²) >= 11 is 0. The fourth-order valence-electron chi connectivity index (χ4n) is 1.12. The van der Waals surface area contributed by atoms with Gasteiger partial charge in [-0.3, -0.25) is 5.73 Å². The Balaban J connectivity index is 2.49. The van der Waals surface area contributed by atoms with Crippen LogP contribution in [0.25, 0.3) is 0 Å². The van der Waals surface area contributed by atoms with Crippen LogP contribution in [0.1, 0.15) is 25.7 Å². The molecular formula is C6H11F2N. The lowest BCUT2D eigenvalue weighted by Gasteiger charge is -2.28. The Labute approximate surface area is 53.2 Å². The lowest BCUT2D eigenvalue weighted by molar-refractivity contribution is 0.0180. The zero-order valence-corrected chi connectivity index (χ0v) is 5.24. The van der Waals surface area contributed by atoms with Crippen LogP contribution in [0.3, 0.4) is 0 Å². The van der Waals surface area contributed by atoms with Gasteiger partial charge in [0.25, 0.3) is 0 Å². The Hall–Kier alpha value is -0.180. The first-order valence-electron chi connectivity index (χ1n) is 3.25. The van der Waals surface area contributed by atoms with Crippen LogP contribution < -0.4 is 5.73 Å².